The van der Waals surface area contributed by atoms with Crippen molar-refractivity contribution in [2.45, 2.75) is 19.4 Å². The van der Waals surface area contributed by atoms with E-state index in [1.807, 2.05) is 6.92 Å². The fraction of sp³-hybridized carbons (Fsp3) is 0.467. The van der Waals surface area contributed by atoms with E-state index in [0.717, 1.165) is 38.2 Å². The molecule has 5 heteroatoms. The molecule has 1 aromatic rings. The first-order valence-electron chi connectivity index (χ1n) is 6.76. The maximum atomic E-state index is 13.4. The van der Waals surface area contributed by atoms with Gasteiger partial charge in [-0.25, -0.2) is 4.39 Å². The minimum absolute atomic E-state index is 0.0206. The Kier molecular flexibility index (Phi) is 5.02. The maximum absolute atomic E-state index is 13.4. The summed E-state index contributed by atoms with van der Waals surface area (Å²) in [6.45, 7) is 9.48. The SMILES string of the molecule is C=C(C)C[C@H](c1ccc(F)c(Cl)c1O)N1CCNCC1. The van der Waals surface area contributed by atoms with Gasteiger partial charge in [0.15, 0.2) is 0 Å². The lowest BCUT2D eigenvalue weighted by molar-refractivity contribution is 0.170. The summed E-state index contributed by atoms with van der Waals surface area (Å²) in [6.07, 6.45) is 0.718. The van der Waals surface area contributed by atoms with Crippen molar-refractivity contribution in [1.29, 1.82) is 0 Å². The molecule has 0 aliphatic carbocycles. The van der Waals surface area contributed by atoms with Crippen molar-refractivity contribution in [3.05, 3.63) is 40.7 Å². The number of nitrogens with zero attached hydrogens (tertiary/aromatic N) is 1. The van der Waals surface area contributed by atoms with Crippen LogP contribution in [0.2, 0.25) is 5.02 Å². The third kappa shape index (κ3) is 3.32. The van der Waals surface area contributed by atoms with Gasteiger partial charge in [-0.2, -0.15) is 0 Å². The van der Waals surface area contributed by atoms with E-state index >= 15 is 0 Å². The highest BCUT2D eigenvalue weighted by Crippen LogP contribution is 2.38. The zero-order valence-electron chi connectivity index (χ0n) is 11.6. The lowest BCUT2D eigenvalue weighted by Gasteiger charge is -2.35. The van der Waals surface area contributed by atoms with E-state index < -0.39 is 5.82 Å². The Balaban J connectivity index is 2.35. The summed E-state index contributed by atoms with van der Waals surface area (Å²) in [4.78, 5) is 2.27. The molecule has 1 atom stereocenters. The number of phenolic OH excluding ortho intramolecular Hbond substituents is 1. The monoisotopic (exact) mass is 298 g/mol. The van der Waals surface area contributed by atoms with Crippen LogP contribution >= 0.6 is 11.6 Å². The number of piperazine rings is 1. The highest BCUT2D eigenvalue weighted by molar-refractivity contribution is 6.32. The molecular weight excluding hydrogens is 279 g/mol. The van der Waals surface area contributed by atoms with Crippen LogP contribution in [0.15, 0.2) is 24.3 Å². The van der Waals surface area contributed by atoms with E-state index in [0.29, 0.717) is 5.56 Å². The maximum Gasteiger partial charge on any atom is 0.145 e. The van der Waals surface area contributed by atoms with Crippen LogP contribution < -0.4 is 5.32 Å². The number of hydrogen-bond donors (Lipinski definition) is 2. The normalized spacial score (nSPS) is 17.9. The molecule has 1 saturated heterocycles. The molecule has 0 bridgehead atoms. The number of halogens is 2. The first-order chi connectivity index (χ1) is 9.50. The molecule has 1 fully saturated rings. The number of phenols is 1. The van der Waals surface area contributed by atoms with Crippen LogP contribution in [-0.4, -0.2) is 36.2 Å². The minimum atomic E-state index is -0.595. The molecule has 1 heterocycles. The van der Waals surface area contributed by atoms with E-state index in [2.05, 4.69) is 16.8 Å². The van der Waals surface area contributed by atoms with E-state index in [1.165, 1.54) is 6.07 Å². The number of rotatable bonds is 4. The van der Waals surface area contributed by atoms with Gasteiger partial charge in [0.25, 0.3) is 0 Å². The molecule has 0 radical (unpaired) electrons. The van der Waals surface area contributed by atoms with E-state index in [1.54, 1.807) is 6.07 Å². The average Bonchev–Trinajstić information content (AvgIpc) is 2.44. The molecule has 2 rings (SSSR count). The highest BCUT2D eigenvalue weighted by Gasteiger charge is 2.26. The number of aromatic hydroxyl groups is 1. The Morgan fingerprint density at radius 1 is 1.50 bits per heavy atom. The molecular formula is C15H20ClFN2O. The van der Waals surface area contributed by atoms with Crippen molar-refractivity contribution >= 4 is 11.6 Å². The first kappa shape index (κ1) is 15.3. The minimum Gasteiger partial charge on any atom is -0.506 e. The second kappa shape index (κ2) is 6.57. The van der Waals surface area contributed by atoms with Gasteiger partial charge in [0.1, 0.15) is 16.6 Å². The fourth-order valence-electron chi connectivity index (χ4n) is 2.58. The van der Waals surface area contributed by atoms with Gasteiger partial charge in [-0.15, -0.1) is 6.58 Å². The Morgan fingerprint density at radius 2 is 2.15 bits per heavy atom. The lowest BCUT2D eigenvalue weighted by Crippen LogP contribution is -2.45. The van der Waals surface area contributed by atoms with Gasteiger partial charge in [-0.05, 0) is 19.4 Å². The number of nitrogens with one attached hydrogen (secondary N) is 1. The largest absolute Gasteiger partial charge is 0.506 e. The Morgan fingerprint density at radius 3 is 2.75 bits per heavy atom. The Bertz CT molecular complexity index is 501. The predicted molar refractivity (Wildman–Crippen MR) is 79.7 cm³/mol. The summed E-state index contributed by atoms with van der Waals surface area (Å²) in [5, 5.41) is 13.2. The summed E-state index contributed by atoms with van der Waals surface area (Å²) >= 11 is 5.82. The van der Waals surface area contributed by atoms with E-state index in [-0.39, 0.29) is 16.8 Å². The highest BCUT2D eigenvalue weighted by atomic mass is 35.5. The summed E-state index contributed by atoms with van der Waals surface area (Å²) in [5.41, 5.74) is 1.69. The average molecular weight is 299 g/mol. The smallest absolute Gasteiger partial charge is 0.145 e. The standard InChI is InChI=1S/C15H20ClFN2O/c1-10(2)9-13(19-7-5-18-6-8-19)11-3-4-12(17)14(16)15(11)20/h3-4,13,18,20H,1,5-9H2,2H3/t13-/m1/s1. The van der Waals surface area contributed by atoms with Gasteiger partial charge in [0, 0.05) is 37.8 Å². The molecule has 0 aromatic heterocycles. The van der Waals surface area contributed by atoms with Crippen LogP contribution in [0.3, 0.4) is 0 Å². The van der Waals surface area contributed by atoms with Crippen molar-refractivity contribution in [1.82, 2.24) is 10.2 Å². The zero-order valence-corrected chi connectivity index (χ0v) is 12.4. The third-order valence-corrected chi connectivity index (χ3v) is 3.95. The van der Waals surface area contributed by atoms with Crippen molar-refractivity contribution in [2.75, 3.05) is 26.2 Å². The van der Waals surface area contributed by atoms with Gasteiger partial charge >= 0.3 is 0 Å². The third-order valence-electron chi connectivity index (χ3n) is 3.59. The molecule has 0 unspecified atom stereocenters. The molecule has 0 saturated carbocycles. The molecule has 1 aliphatic rings. The summed E-state index contributed by atoms with van der Waals surface area (Å²) < 4.78 is 13.4. The van der Waals surface area contributed by atoms with Gasteiger partial charge in [-0.3, -0.25) is 4.90 Å². The molecule has 110 valence electrons. The van der Waals surface area contributed by atoms with Crippen molar-refractivity contribution in [3.8, 4) is 5.75 Å². The Hall–Kier alpha value is -1.10. The van der Waals surface area contributed by atoms with Gasteiger partial charge in [0.05, 0.1) is 0 Å². The Labute approximate surface area is 124 Å². The summed E-state index contributed by atoms with van der Waals surface area (Å²) in [6, 6.07) is 2.91. The van der Waals surface area contributed by atoms with Crippen molar-refractivity contribution in [3.63, 3.8) is 0 Å². The molecule has 0 spiro atoms. The molecule has 3 nitrogen and oxygen atoms in total. The molecule has 0 amide bonds. The van der Waals surface area contributed by atoms with Crippen molar-refractivity contribution < 1.29 is 9.50 Å². The van der Waals surface area contributed by atoms with Crippen LogP contribution in [0.1, 0.15) is 24.9 Å². The van der Waals surface area contributed by atoms with E-state index in [4.69, 9.17) is 11.6 Å². The van der Waals surface area contributed by atoms with Crippen LogP contribution in [0.25, 0.3) is 0 Å². The quantitative estimate of drug-likeness (QED) is 0.839. The molecule has 1 aromatic carbocycles. The van der Waals surface area contributed by atoms with E-state index in [9.17, 15) is 9.50 Å². The van der Waals surface area contributed by atoms with Gasteiger partial charge in [-0.1, -0.05) is 23.2 Å². The van der Waals surface area contributed by atoms with Crippen molar-refractivity contribution in [2.24, 2.45) is 0 Å². The zero-order chi connectivity index (χ0) is 14.7. The predicted octanol–water partition coefficient (Wildman–Crippen LogP) is 3.10. The van der Waals surface area contributed by atoms with Crippen LogP contribution in [0.5, 0.6) is 5.75 Å². The fourth-order valence-corrected chi connectivity index (χ4v) is 2.76. The number of benzene rings is 1. The van der Waals surface area contributed by atoms with Crippen LogP contribution in [0, 0.1) is 5.82 Å². The van der Waals surface area contributed by atoms with Gasteiger partial charge < -0.3 is 10.4 Å². The second-order valence-electron chi connectivity index (χ2n) is 5.26. The molecule has 1 aliphatic heterocycles. The topological polar surface area (TPSA) is 35.5 Å². The first-order valence-corrected chi connectivity index (χ1v) is 7.14. The van der Waals surface area contributed by atoms with Crippen LogP contribution in [0.4, 0.5) is 4.39 Å². The molecule has 20 heavy (non-hydrogen) atoms. The molecule has 2 N–H and O–H groups in total. The number of hydrogen-bond acceptors (Lipinski definition) is 3. The second-order valence-corrected chi connectivity index (χ2v) is 5.64. The summed E-state index contributed by atoms with van der Waals surface area (Å²) in [5.74, 6) is -0.751. The lowest BCUT2D eigenvalue weighted by atomic mass is 9.97. The van der Waals surface area contributed by atoms with Crippen LogP contribution in [-0.2, 0) is 0 Å². The van der Waals surface area contributed by atoms with Gasteiger partial charge in [0.2, 0.25) is 0 Å². The summed E-state index contributed by atoms with van der Waals surface area (Å²) in [7, 11) is 0.